The molecule has 0 unspecified atom stereocenters. The van der Waals surface area contributed by atoms with Gasteiger partial charge in [0.25, 0.3) is 0 Å². The third-order valence-electron chi connectivity index (χ3n) is 6.34. The zero-order valence-electron chi connectivity index (χ0n) is 14.1. The lowest BCUT2D eigenvalue weighted by atomic mass is 9.86. The fourth-order valence-corrected chi connectivity index (χ4v) is 5.18. The molecule has 126 valence electrons. The van der Waals surface area contributed by atoms with Crippen LogP contribution in [0.4, 0.5) is 5.69 Å². The summed E-state index contributed by atoms with van der Waals surface area (Å²) in [5.41, 5.74) is 4.13. The van der Waals surface area contributed by atoms with E-state index < -0.39 is 0 Å². The van der Waals surface area contributed by atoms with Gasteiger partial charge in [0, 0.05) is 23.2 Å². The highest BCUT2D eigenvalue weighted by Gasteiger charge is 2.40. The first kappa shape index (κ1) is 14.9. The molecule has 3 aliphatic rings. The second-order valence-corrected chi connectivity index (χ2v) is 7.82. The van der Waals surface area contributed by atoms with Crippen LogP contribution >= 0.6 is 0 Å². The third-order valence-corrected chi connectivity index (χ3v) is 6.34. The Kier molecular flexibility index (Phi) is 3.30. The van der Waals surface area contributed by atoms with Gasteiger partial charge in [0.05, 0.1) is 0 Å². The number of hydrogen-bond donors (Lipinski definition) is 1. The van der Waals surface area contributed by atoms with Crippen molar-refractivity contribution in [2.45, 2.75) is 32.1 Å². The molecule has 3 heteroatoms. The van der Waals surface area contributed by atoms with Crippen molar-refractivity contribution in [2.75, 3.05) is 5.32 Å². The predicted octanol–water partition coefficient (Wildman–Crippen LogP) is 4.66. The summed E-state index contributed by atoms with van der Waals surface area (Å²) in [6.07, 6.45) is 5.82. The molecule has 1 N–H and O–H groups in total. The van der Waals surface area contributed by atoms with Crippen LogP contribution in [0.25, 0.3) is 11.1 Å². The van der Waals surface area contributed by atoms with Crippen molar-refractivity contribution < 1.29 is 9.59 Å². The van der Waals surface area contributed by atoms with Gasteiger partial charge < -0.3 is 5.32 Å². The van der Waals surface area contributed by atoms with E-state index in [4.69, 9.17) is 0 Å². The average Bonchev–Trinajstić information content (AvgIpc) is 3.30. The van der Waals surface area contributed by atoms with E-state index in [-0.39, 0.29) is 11.7 Å². The summed E-state index contributed by atoms with van der Waals surface area (Å²) >= 11 is 0. The van der Waals surface area contributed by atoms with Crippen LogP contribution in [0.2, 0.25) is 0 Å². The molecule has 0 aliphatic heterocycles. The van der Waals surface area contributed by atoms with Gasteiger partial charge in [-0.15, -0.1) is 0 Å². The number of fused-ring (bicyclic) bond motifs is 5. The number of ketones is 1. The van der Waals surface area contributed by atoms with E-state index in [0.29, 0.717) is 17.9 Å². The van der Waals surface area contributed by atoms with Crippen LogP contribution < -0.4 is 5.32 Å². The molecule has 2 fully saturated rings. The van der Waals surface area contributed by atoms with Crippen molar-refractivity contribution in [1.29, 1.82) is 0 Å². The Labute approximate surface area is 147 Å². The van der Waals surface area contributed by atoms with Crippen molar-refractivity contribution >= 4 is 17.4 Å². The number of anilines is 1. The predicted molar refractivity (Wildman–Crippen MR) is 97.5 cm³/mol. The van der Waals surface area contributed by atoms with Crippen molar-refractivity contribution in [2.24, 2.45) is 17.8 Å². The molecular weight excluding hydrogens is 310 g/mol. The molecule has 1 amide bonds. The molecule has 25 heavy (non-hydrogen) atoms. The molecule has 2 saturated carbocycles. The van der Waals surface area contributed by atoms with Crippen LogP contribution in [-0.2, 0) is 4.79 Å². The Morgan fingerprint density at radius 1 is 0.960 bits per heavy atom. The SMILES string of the molecule is O=C(C[C@H]1C[C@@H]2CC[C@@H]1C2)Nc1ccc2c(c1)C(=O)c1ccccc1-2. The molecule has 3 aliphatic carbocycles. The monoisotopic (exact) mass is 331 g/mol. The number of carbonyl (C=O) groups is 2. The van der Waals surface area contributed by atoms with Crippen LogP contribution in [-0.4, -0.2) is 11.7 Å². The number of nitrogens with one attached hydrogen (secondary N) is 1. The molecule has 2 bridgehead atoms. The number of hydrogen-bond acceptors (Lipinski definition) is 2. The molecule has 0 spiro atoms. The Hall–Kier alpha value is -2.42. The van der Waals surface area contributed by atoms with Crippen LogP contribution in [0.15, 0.2) is 42.5 Å². The highest BCUT2D eigenvalue weighted by atomic mass is 16.1. The zero-order valence-corrected chi connectivity index (χ0v) is 14.1. The van der Waals surface area contributed by atoms with Crippen molar-refractivity contribution in [1.82, 2.24) is 0 Å². The molecule has 5 rings (SSSR count). The van der Waals surface area contributed by atoms with E-state index in [9.17, 15) is 9.59 Å². The molecule has 0 saturated heterocycles. The Morgan fingerprint density at radius 2 is 1.76 bits per heavy atom. The first-order valence-corrected chi connectivity index (χ1v) is 9.27. The molecule has 0 heterocycles. The van der Waals surface area contributed by atoms with Crippen LogP contribution in [0, 0.1) is 17.8 Å². The summed E-state index contributed by atoms with van der Waals surface area (Å²) in [7, 11) is 0. The maximum absolute atomic E-state index is 12.6. The first-order chi connectivity index (χ1) is 12.2. The van der Waals surface area contributed by atoms with Crippen molar-refractivity contribution in [3.05, 3.63) is 53.6 Å². The smallest absolute Gasteiger partial charge is 0.224 e. The summed E-state index contributed by atoms with van der Waals surface area (Å²) in [6.45, 7) is 0. The topological polar surface area (TPSA) is 46.2 Å². The second-order valence-electron chi connectivity index (χ2n) is 7.82. The lowest BCUT2D eigenvalue weighted by molar-refractivity contribution is -0.117. The Morgan fingerprint density at radius 3 is 2.52 bits per heavy atom. The molecule has 3 atom stereocenters. The summed E-state index contributed by atoms with van der Waals surface area (Å²) in [6, 6.07) is 13.4. The van der Waals surface area contributed by atoms with Crippen molar-refractivity contribution in [3.63, 3.8) is 0 Å². The number of carbonyl (C=O) groups excluding carboxylic acids is 2. The zero-order chi connectivity index (χ0) is 17.0. The second kappa shape index (κ2) is 5.55. The van der Waals surface area contributed by atoms with E-state index >= 15 is 0 Å². The quantitative estimate of drug-likeness (QED) is 0.758. The molecule has 2 aromatic carbocycles. The van der Waals surface area contributed by atoms with Crippen LogP contribution in [0.3, 0.4) is 0 Å². The Bertz CT molecular complexity index is 885. The van der Waals surface area contributed by atoms with Gasteiger partial charge >= 0.3 is 0 Å². The van der Waals surface area contributed by atoms with Gasteiger partial charge in [-0.25, -0.2) is 0 Å². The van der Waals surface area contributed by atoms with E-state index in [0.717, 1.165) is 34.2 Å². The summed E-state index contributed by atoms with van der Waals surface area (Å²) in [4.78, 5) is 25.0. The van der Waals surface area contributed by atoms with Crippen molar-refractivity contribution in [3.8, 4) is 11.1 Å². The fraction of sp³-hybridized carbons (Fsp3) is 0.364. The maximum atomic E-state index is 12.6. The van der Waals surface area contributed by atoms with Gasteiger partial charge in [0.2, 0.25) is 5.91 Å². The summed E-state index contributed by atoms with van der Waals surface area (Å²) in [5, 5.41) is 3.01. The van der Waals surface area contributed by atoms with Crippen LogP contribution in [0.5, 0.6) is 0 Å². The summed E-state index contributed by atoms with van der Waals surface area (Å²) < 4.78 is 0. The number of benzene rings is 2. The van der Waals surface area contributed by atoms with Gasteiger partial charge in [-0.2, -0.15) is 0 Å². The fourth-order valence-electron chi connectivity index (χ4n) is 5.18. The van der Waals surface area contributed by atoms with E-state index in [1.807, 2.05) is 42.5 Å². The first-order valence-electron chi connectivity index (χ1n) is 9.27. The van der Waals surface area contributed by atoms with Gasteiger partial charge in [-0.1, -0.05) is 36.8 Å². The molecule has 3 nitrogen and oxygen atoms in total. The molecule has 2 aromatic rings. The average molecular weight is 331 g/mol. The largest absolute Gasteiger partial charge is 0.326 e. The van der Waals surface area contributed by atoms with E-state index in [1.54, 1.807) is 0 Å². The third kappa shape index (κ3) is 2.41. The van der Waals surface area contributed by atoms with Gasteiger partial charge in [0.15, 0.2) is 5.78 Å². The normalized spacial score (nSPS) is 25.8. The van der Waals surface area contributed by atoms with Gasteiger partial charge in [-0.3, -0.25) is 9.59 Å². The number of amides is 1. The molecule has 0 radical (unpaired) electrons. The molecular formula is C22H21NO2. The highest BCUT2D eigenvalue weighted by molar-refractivity contribution is 6.22. The maximum Gasteiger partial charge on any atom is 0.224 e. The van der Waals surface area contributed by atoms with Crippen LogP contribution in [0.1, 0.15) is 48.0 Å². The number of rotatable bonds is 3. The minimum absolute atomic E-state index is 0.0507. The van der Waals surface area contributed by atoms with Gasteiger partial charge in [-0.05, 0) is 60.3 Å². The van der Waals surface area contributed by atoms with E-state index in [2.05, 4.69) is 5.32 Å². The molecule has 0 aromatic heterocycles. The van der Waals surface area contributed by atoms with E-state index in [1.165, 1.54) is 25.7 Å². The highest BCUT2D eigenvalue weighted by Crippen LogP contribution is 2.49. The Balaban J connectivity index is 1.33. The van der Waals surface area contributed by atoms with Gasteiger partial charge in [0.1, 0.15) is 0 Å². The minimum Gasteiger partial charge on any atom is -0.326 e. The summed E-state index contributed by atoms with van der Waals surface area (Å²) in [5.74, 6) is 2.31. The lowest BCUT2D eigenvalue weighted by Gasteiger charge is -2.21. The standard InChI is InChI=1S/C22H21NO2/c24-21(11-15-10-13-5-6-14(15)9-13)23-16-7-8-18-17-3-1-2-4-19(17)22(25)20(18)12-16/h1-4,7-8,12-15H,5-6,9-11H2,(H,23,24)/t13-,14-,15-/m1/s1. The lowest BCUT2D eigenvalue weighted by Crippen LogP contribution is -2.20. The minimum atomic E-state index is 0.0507.